The number of sulfonamides is 1. The van der Waals surface area contributed by atoms with E-state index in [4.69, 9.17) is 0 Å². The number of hydrogen-bond donors (Lipinski definition) is 0. The van der Waals surface area contributed by atoms with Crippen LogP contribution in [-0.4, -0.2) is 58.3 Å². The molecule has 8 nitrogen and oxygen atoms in total. The van der Waals surface area contributed by atoms with Gasteiger partial charge in [-0.25, -0.2) is 23.4 Å². The van der Waals surface area contributed by atoms with Crippen LogP contribution in [0.25, 0.3) is 10.8 Å². The molecule has 0 radical (unpaired) electrons. The number of benzene rings is 1. The molecule has 2 aromatic heterocycles. The number of pyridine rings is 1. The summed E-state index contributed by atoms with van der Waals surface area (Å²) in [6.45, 7) is 3.32. The normalized spacial score (nSPS) is 19.0. The van der Waals surface area contributed by atoms with Gasteiger partial charge in [0.25, 0.3) is 0 Å². The van der Waals surface area contributed by atoms with Gasteiger partial charge in [0.05, 0.1) is 4.90 Å². The number of anilines is 1. The minimum absolute atomic E-state index is 0.206. The fourth-order valence-electron chi connectivity index (χ4n) is 3.32. The molecule has 0 N–H and O–H groups in total. The highest BCUT2D eigenvalue weighted by atomic mass is 32.2. The van der Waals surface area contributed by atoms with Gasteiger partial charge in [-0.1, -0.05) is 12.1 Å². The van der Waals surface area contributed by atoms with Gasteiger partial charge in [0.1, 0.15) is 12.7 Å². The third-order valence-electron chi connectivity index (χ3n) is 4.56. The van der Waals surface area contributed by atoms with E-state index < -0.39 is 10.0 Å². The molecular weight excluding hydrogens is 352 g/mol. The zero-order valence-corrected chi connectivity index (χ0v) is 15.0. The zero-order valence-electron chi connectivity index (χ0n) is 14.2. The lowest BCUT2D eigenvalue weighted by Crippen LogP contribution is -2.54. The number of rotatable bonds is 3. The summed E-state index contributed by atoms with van der Waals surface area (Å²) in [6, 6.07) is 6.81. The van der Waals surface area contributed by atoms with Crippen molar-refractivity contribution < 1.29 is 8.42 Å². The second-order valence-corrected chi connectivity index (χ2v) is 8.06. The zero-order chi connectivity index (χ0) is 18.1. The first kappa shape index (κ1) is 16.8. The van der Waals surface area contributed by atoms with Gasteiger partial charge in [-0.15, -0.1) is 0 Å². The van der Waals surface area contributed by atoms with E-state index >= 15 is 0 Å². The van der Waals surface area contributed by atoms with Crippen LogP contribution in [0.4, 0.5) is 5.95 Å². The van der Waals surface area contributed by atoms with Gasteiger partial charge in [-0.05, 0) is 19.1 Å². The molecule has 0 amide bonds. The summed E-state index contributed by atoms with van der Waals surface area (Å²) < 4.78 is 28.2. The molecule has 0 spiro atoms. The lowest BCUT2D eigenvalue weighted by atomic mass is 10.2. The van der Waals surface area contributed by atoms with Crippen molar-refractivity contribution in [2.45, 2.75) is 17.9 Å². The van der Waals surface area contributed by atoms with Crippen molar-refractivity contribution in [1.82, 2.24) is 24.2 Å². The first-order chi connectivity index (χ1) is 12.6. The molecule has 1 fully saturated rings. The first-order valence-corrected chi connectivity index (χ1v) is 9.73. The van der Waals surface area contributed by atoms with Crippen LogP contribution < -0.4 is 4.90 Å². The summed E-state index contributed by atoms with van der Waals surface area (Å²) in [5.74, 6) is 0.570. The Labute approximate surface area is 151 Å². The Kier molecular flexibility index (Phi) is 4.25. The van der Waals surface area contributed by atoms with Gasteiger partial charge in [-0.2, -0.15) is 4.31 Å². The van der Waals surface area contributed by atoms with Gasteiger partial charge in [0.15, 0.2) is 0 Å². The Morgan fingerprint density at radius 2 is 1.88 bits per heavy atom. The second-order valence-electron chi connectivity index (χ2n) is 6.20. The van der Waals surface area contributed by atoms with Crippen molar-refractivity contribution >= 4 is 26.7 Å². The van der Waals surface area contributed by atoms with Crippen LogP contribution in [0.5, 0.6) is 0 Å². The van der Waals surface area contributed by atoms with Crippen LogP contribution in [0, 0.1) is 0 Å². The molecule has 0 saturated carbocycles. The Morgan fingerprint density at radius 1 is 1.08 bits per heavy atom. The largest absolute Gasteiger partial charge is 0.338 e. The predicted octanol–water partition coefficient (Wildman–Crippen LogP) is 1.32. The van der Waals surface area contributed by atoms with Crippen molar-refractivity contribution in [1.29, 1.82) is 0 Å². The molecule has 134 valence electrons. The fraction of sp³-hybridized carbons (Fsp3) is 0.294. The number of nitrogens with zero attached hydrogens (tertiary/aromatic N) is 6. The van der Waals surface area contributed by atoms with Gasteiger partial charge >= 0.3 is 0 Å². The summed E-state index contributed by atoms with van der Waals surface area (Å²) in [5, 5.41) is 1.50. The Balaban J connectivity index is 1.65. The van der Waals surface area contributed by atoms with E-state index in [0.717, 1.165) is 5.39 Å². The average Bonchev–Trinajstić information content (AvgIpc) is 2.68. The number of fused-ring (bicyclic) bond motifs is 1. The maximum atomic E-state index is 13.3. The lowest BCUT2D eigenvalue weighted by Gasteiger charge is -2.38. The highest BCUT2D eigenvalue weighted by molar-refractivity contribution is 7.89. The van der Waals surface area contributed by atoms with E-state index in [0.29, 0.717) is 35.9 Å². The summed E-state index contributed by atoms with van der Waals surface area (Å²) in [7, 11) is -3.62. The van der Waals surface area contributed by atoms with Crippen LogP contribution in [-0.2, 0) is 10.0 Å². The molecular formula is C17H18N6O2S. The highest BCUT2D eigenvalue weighted by Crippen LogP contribution is 2.28. The van der Waals surface area contributed by atoms with E-state index in [1.807, 2.05) is 17.9 Å². The van der Waals surface area contributed by atoms with Crippen molar-refractivity contribution in [3.8, 4) is 0 Å². The van der Waals surface area contributed by atoms with Crippen LogP contribution >= 0.6 is 0 Å². The fourth-order valence-corrected chi connectivity index (χ4v) is 5.15. The monoisotopic (exact) mass is 370 g/mol. The Morgan fingerprint density at radius 3 is 2.65 bits per heavy atom. The maximum absolute atomic E-state index is 13.3. The molecule has 26 heavy (non-hydrogen) atoms. The van der Waals surface area contributed by atoms with E-state index in [1.165, 1.54) is 12.7 Å². The molecule has 3 aromatic rings. The molecule has 1 aromatic carbocycles. The Hall–Kier alpha value is -2.65. The van der Waals surface area contributed by atoms with Crippen LogP contribution in [0.3, 0.4) is 0 Å². The van der Waals surface area contributed by atoms with Gasteiger partial charge in [-0.3, -0.25) is 4.98 Å². The molecule has 0 aliphatic carbocycles. The van der Waals surface area contributed by atoms with Gasteiger partial charge in [0, 0.05) is 48.8 Å². The van der Waals surface area contributed by atoms with Crippen molar-refractivity contribution in [2.24, 2.45) is 0 Å². The molecule has 9 heteroatoms. The molecule has 1 atom stereocenters. The molecule has 0 bridgehead atoms. The molecule has 1 aliphatic rings. The topological polar surface area (TPSA) is 92.2 Å². The van der Waals surface area contributed by atoms with Crippen molar-refractivity contribution in [3.63, 3.8) is 0 Å². The smallest absolute Gasteiger partial charge is 0.244 e. The number of aromatic nitrogens is 4. The molecule has 1 saturated heterocycles. The number of hydrogen-bond acceptors (Lipinski definition) is 7. The van der Waals surface area contributed by atoms with Crippen molar-refractivity contribution in [3.05, 3.63) is 49.3 Å². The second kappa shape index (κ2) is 6.58. The van der Waals surface area contributed by atoms with Crippen LogP contribution in [0.2, 0.25) is 0 Å². The summed E-state index contributed by atoms with van der Waals surface area (Å²) in [4.78, 5) is 18.5. The molecule has 3 heterocycles. The van der Waals surface area contributed by atoms with E-state index in [9.17, 15) is 8.42 Å². The quantitative estimate of drug-likeness (QED) is 0.686. The third kappa shape index (κ3) is 2.89. The Bertz CT molecular complexity index is 1020. The molecule has 4 rings (SSSR count). The van der Waals surface area contributed by atoms with Gasteiger partial charge < -0.3 is 4.90 Å². The lowest BCUT2D eigenvalue weighted by molar-refractivity contribution is 0.305. The summed E-state index contributed by atoms with van der Waals surface area (Å²) >= 11 is 0. The number of piperazine rings is 1. The minimum atomic E-state index is -3.62. The summed E-state index contributed by atoms with van der Waals surface area (Å²) in [5.41, 5.74) is 0. The standard InChI is InChI=1S/C17H18N6O2S/c1-13-10-22(17-20-11-19-12-21-17)7-8-23(13)26(24,25)16-4-2-3-14-9-18-6-5-15(14)16/h2-6,9,11-13H,7-8,10H2,1H3. The SMILES string of the molecule is CC1CN(c2ncncn2)CCN1S(=O)(=O)c1cccc2cnccc12. The molecule has 1 aliphatic heterocycles. The first-order valence-electron chi connectivity index (χ1n) is 8.29. The van der Waals surface area contributed by atoms with Crippen LogP contribution in [0.1, 0.15) is 6.92 Å². The van der Waals surface area contributed by atoms with Crippen molar-refractivity contribution in [2.75, 3.05) is 24.5 Å². The average molecular weight is 370 g/mol. The van der Waals surface area contributed by atoms with Gasteiger partial charge in [0.2, 0.25) is 16.0 Å². The highest BCUT2D eigenvalue weighted by Gasteiger charge is 2.35. The van der Waals surface area contributed by atoms with E-state index in [2.05, 4.69) is 19.9 Å². The maximum Gasteiger partial charge on any atom is 0.244 e. The van der Waals surface area contributed by atoms with Crippen LogP contribution in [0.15, 0.2) is 54.2 Å². The third-order valence-corrected chi connectivity index (χ3v) is 6.63. The summed E-state index contributed by atoms with van der Waals surface area (Å²) in [6.07, 6.45) is 6.18. The minimum Gasteiger partial charge on any atom is -0.338 e. The van der Waals surface area contributed by atoms with E-state index in [-0.39, 0.29) is 6.04 Å². The predicted molar refractivity (Wildman–Crippen MR) is 97.1 cm³/mol. The molecule has 1 unspecified atom stereocenters. The van der Waals surface area contributed by atoms with E-state index in [1.54, 1.807) is 34.9 Å².